The predicted molar refractivity (Wildman–Crippen MR) is 111 cm³/mol. The van der Waals surface area contributed by atoms with Crippen molar-refractivity contribution in [2.75, 3.05) is 0 Å². The molecule has 2 aromatic carbocycles. The molecule has 6 rings (SSSR count). The van der Waals surface area contributed by atoms with Crippen molar-refractivity contribution in [1.29, 1.82) is 0 Å². The van der Waals surface area contributed by atoms with E-state index in [9.17, 15) is 0 Å². The maximum absolute atomic E-state index is 5.25. The van der Waals surface area contributed by atoms with Gasteiger partial charge in [-0.15, -0.1) is 0 Å². The van der Waals surface area contributed by atoms with Crippen LogP contribution in [0.4, 0.5) is 0 Å². The van der Waals surface area contributed by atoms with Crippen molar-refractivity contribution in [3.05, 3.63) is 70.8 Å². The first-order valence-electron chi connectivity index (χ1n) is 7.59. The fourth-order valence-electron chi connectivity index (χ4n) is 2.75. The van der Waals surface area contributed by atoms with Gasteiger partial charge < -0.3 is 59.5 Å². The average Bonchev–Trinajstić information content (AvgIpc) is 2.56. The Kier molecular flexibility index (Phi) is 12.6. The van der Waals surface area contributed by atoms with E-state index in [4.69, 9.17) is 49.7 Å². The third kappa shape index (κ3) is 7.64. The molecule has 4 aliphatic rings. The second kappa shape index (κ2) is 12.6. The van der Waals surface area contributed by atoms with Crippen LogP contribution in [0.2, 0.25) is 0 Å². The van der Waals surface area contributed by atoms with Crippen molar-refractivity contribution < 1.29 is 103 Å². The Balaban J connectivity index is 0.00000169. The van der Waals surface area contributed by atoms with Gasteiger partial charge in [0.15, 0.2) is 0 Å². The van der Waals surface area contributed by atoms with Crippen LogP contribution in [0.15, 0.2) is 48.5 Å². The van der Waals surface area contributed by atoms with Crippen molar-refractivity contribution in [3.8, 4) is 0 Å². The molecule has 0 aliphatic carbocycles. The van der Waals surface area contributed by atoms with E-state index in [0.29, 0.717) is 34.8 Å². The summed E-state index contributed by atoms with van der Waals surface area (Å²) < 4.78 is 0.996. The fraction of sp³-hybridized carbons (Fsp3) is 0.222. The molecule has 0 unspecified atom stereocenters. The van der Waals surface area contributed by atoms with Gasteiger partial charge in [-0.2, -0.15) is 0 Å². The number of hydrogen-bond donors (Lipinski definition) is 0. The third-order valence-corrected chi connectivity index (χ3v) is 5.09. The van der Waals surface area contributed by atoms with Crippen LogP contribution in [-0.4, -0.2) is 18.4 Å². The van der Waals surface area contributed by atoms with Gasteiger partial charge in [0.25, 0.3) is 0 Å². The van der Waals surface area contributed by atoms with E-state index in [-0.39, 0.29) is 103 Å². The molecule has 0 spiro atoms. The molecule has 26 heavy (non-hydrogen) atoms. The summed E-state index contributed by atoms with van der Waals surface area (Å²) in [6, 6.07) is 17.0. The molecule has 0 fully saturated rings. The average molecular weight is 467 g/mol. The smallest absolute Gasteiger partial charge is 0.411 e. The van der Waals surface area contributed by atoms with Crippen LogP contribution in [0.1, 0.15) is 22.3 Å². The summed E-state index contributed by atoms with van der Waals surface area (Å²) in [5.74, 6) is 0. The standard InChI is InChI=1S/C18H18N2S4.2K/c21-17(22)19-9-13-1-2-14(4-3-13)10-20(18(23)24)12-16-7-5-15(11-19)6-8-16;;/h1-8H,9-12H2,(H,21,22)(H,23,24);;/q;2*+1/p-2. The van der Waals surface area contributed by atoms with E-state index in [1.807, 2.05) is 9.80 Å². The Hall–Kier alpha value is 1.93. The molecule has 4 aliphatic heterocycles. The minimum absolute atomic E-state index is 0. The first-order valence-corrected chi connectivity index (χ1v) is 9.22. The minimum atomic E-state index is 0. The normalized spacial score (nSPS) is 13.4. The first-order chi connectivity index (χ1) is 11.5. The van der Waals surface area contributed by atoms with Gasteiger partial charge in [0.05, 0.1) is 0 Å². The zero-order chi connectivity index (χ0) is 17.1. The van der Waals surface area contributed by atoms with Crippen LogP contribution in [0.3, 0.4) is 0 Å². The second-order valence-corrected chi connectivity index (χ2v) is 7.94. The Labute approximate surface area is 262 Å². The summed E-state index contributed by atoms with van der Waals surface area (Å²) in [7, 11) is 0. The van der Waals surface area contributed by atoms with Gasteiger partial charge in [0.2, 0.25) is 0 Å². The first kappa shape index (κ1) is 26.0. The molecule has 0 saturated heterocycles. The van der Waals surface area contributed by atoms with Crippen LogP contribution < -0.4 is 103 Å². The molecule has 0 N–H and O–H groups in total. The van der Waals surface area contributed by atoms with Crippen LogP contribution >= 0.6 is 24.4 Å². The van der Waals surface area contributed by atoms with Crippen molar-refractivity contribution in [2.45, 2.75) is 26.2 Å². The van der Waals surface area contributed by atoms with Gasteiger partial charge in [-0.05, 0) is 22.3 Å². The topological polar surface area (TPSA) is 6.48 Å². The number of thiocarbonyl (C=S) groups is 2. The Morgan fingerprint density at radius 1 is 0.577 bits per heavy atom. The SMILES string of the molecule is S=C([S-])N1Cc2ccc(cc2)CN(C(=S)[S-])Cc2ccc(cc2)C1.[K+].[K+]. The molecular formula is C18H16K2N2S4. The quantitative estimate of drug-likeness (QED) is 0.243. The van der Waals surface area contributed by atoms with E-state index in [2.05, 4.69) is 48.5 Å². The van der Waals surface area contributed by atoms with Crippen molar-refractivity contribution in [2.24, 2.45) is 0 Å². The fourth-order valence-corrected chi connectivity index (χ4v) is 3.27. The molecule has 2 nitrogen and oxygen atoms in total. The molecule has 0 aromatic heterocycles. The number of hydrogen-bond acceptors (Lipinski definition) is 4. The second-order valence-electron chi connectivity index (χ2n) is 5.88. The van der Waals surface area contributed by atoms with Crippen LogP contribution in [0.25, 0.3) is 0 Å². The van der Waals surface area contributed by atoms with Crippen molar-refractivity contribution >= 4 is 58.3 Å². The molecule has 4 heterocycles. The predicted octanol–water partition coefficient (Wildman–Crippen LogP) is -2.32. The Morgan fingerprint density at radius 3 is 0.923 bits per heavy atom. The summed E-state index contributed by atoms with van der Waals surface area (Å²) in [6.07, 6.45) is 0. The van der Waals surface area contributed by atoms with Gasteiger partial charge in [0, 0.05) is 26.2 Å². The largest absolute Gasteiger partial charge is 1.00 e. The van der Waals surface area contributed by atoms with Crippen LogP contribution in [0, 0.1) is 0 Å². The molecule has 2 aromatic rings. The zero-order valence-corrected chi connectivity index (χ0v) is 24.5. The van der Waals surface area contributed by atoms with Crippen LogP contribution in [0.5, 0.6) is 0 Å². The molecule has 0 saturated carbocycles. The Bertz CT molecular complexity index is 635. The minimum Gasteiger partial charge on any atom is -0.411 e. The van der Waals surface area contributed by atoms with E-state index in [1.165, 1.54) is 22.3 Å². The van der Waals surface area contributed by atoms with Gasteiger partial charge in [0.1, 0.15) is 0 Å². The molecule has 8 heteroatoms. The number of benzene rings is 2. The molecule has 4 bridgehead atoms. The molecule has 124 valence electrons. The van der Waals surface area contributed by atoms with E-state index in [1.54, 1.807) is 0 Å². The molecule has 0 amide bonds. The molecule has 0 atom stereocenters. The summed E-state index contributed by atoms with van der Waals surface area (Å²) in [5, 5.41) is 0. The van der Waals surface area contributed by atoms with E-state index < -0.39 is 0 Å². The number of rotatable bonds is 0. The van der Waals surface area contributed by atoms with Gasteiger partial charge in [-0.1, -0.05) is 57.2 Å². The van der Waals surface area contributed by atoms with Gasteiger partial charge >= 0.3 is 103 Å². The summed E-state index contributed by atoms with van der Waals surface area (Å²) in [6.45, 7) is 2.86. The summed E-state index contributed by atoms with van der Waals surface area (Å²) in [5.41, 5.74) is 4.75. The van der Waals surface area contributed by atoms with Gasteiger partial charge in [-0.3, -0.25) is 0 Å². The van der Waals surface area contributed by atoms with E-state index in [0.717, 1.165) is 0 Å². The number of nitrogens with zero attached hydrogens (tertiary/aromatic N) is 2. The molecular weight excluding hydrogens is 451 g/mol. The molecule has 0 radical (unpaired) electrons. The van der Waals surface area contributed by atoms with Crippen molar-refractivity contribution in [3.63, 3.8) is 0 Å². The van der Waals surface area contributed by atoms with E-state index >= 15 is 0 Å². The maximum atomic E-state index is 5.25. The monoisotopic (exact) mass is 466 g/mol. The summed E-state index contributed by atoms with van der Waals surface area (Å²) in [4.78, 5) is 4.09. The summed E-state index contributed by atoms with van der Waals surface area (Å²) >= 11 is 21.0. The maximum Gasteiger partial charge on any atom is 1.00 e. The van der Waals surface area contributed by atoms with Crippen LogP contribution in [-0.2, 0) is 51.4 Å². The van der Waals surface area contributed by atoms with Gasteiger partial charge in [-0.25, -0.2) is 0 Å². The zero-order valence-electron chi connectivity index (χ0n) is 15.0. The van der Waals surface area contributed by atoms with Crippen molar-refractivity contribution in [1.82, 2.24) is 9.80 Å². The third-order valence-electron chi connectivity index (χ3n) is 4.06. The Morgan fingerprint density at radius 2 is 0.769 bits per heavy atom.